The average molecular weight is 124 g/mol. The normalized spacial score (nSPS) is 9.88. The minimum absolute atomic E-state index is 0.924. The quantitative estimate of drug-likeness (QED) is 0.498. The molecule has 0 fully saturated rings. The molecular weight excluding hydrogens is 116 g/mol. The molecular formula is C7H8S. The van der Waals surface area contributed by atoms with E-state index in [4.69, 9.17) is 6.92 Å². The highest BCUT2D eigenvalue weighted by molar-refractivity contribution is 7.12. The highest BCUT2D eigenvalue weighted by Crippen LogP contribution is 2.18. The van der Waals surface area contributed by atoms with Crippen molar-refractivity contribution in [1.82, 2.24) is 0 Å². The molecule has 1 heterocycles. The van der Waals surface area contributed by atoms with Gasteiger partial charge in [0.25, 0.3) is 0 Å². The van der Waals surface area contributed by atoms with Crippen LogP contribution in [0.3, 0.4) is 0 Å². The van der Waals surface area contributed by atoms with Gasteiger partial charge in [-0.05, 0) is 32.4 Å². The van der Waals surface area contributed by atoms with Crippen molar-refractivity contribution >= 4 is 11.3 Å². The third-order valence-electron chi connectivity index (χ3n) is 1.08. The van der Waals surface area contributed by atoms with Gasteiger partial charge in [0.15, 0.2) is 0 Å². The van der Waals surface area contributed by atoms with Gasteiger partial charge in [-0.25, -0.2) is 0 Å². The molecule has 0 N–H and O–H groups in total. The smallest absolute Gasteiger partial charge is 0.00523 e. The van der Waals surface area contributed by atoms with Crippen molar-refractivity contribution in [2.45, 2.75) is 13.8 Å². The van der Waals surface area contributed by atoms with Crippen LogP contribution in [0, 0.1) is 20.8 Å². The minimum atomic E-state index is 0.924. The van der Waals surface area contributed by atoms with E-state index in [2.05, 4.69) is 6.92 Å². The van der Waals surface area contributed by atoms with Crippen LogP contribution in [0.1, 0.15) is 15.3 Å². The Morgan fingerprint density at radius 3 is 2.25 bits per heavy atom. The van der Waals surface area contributed by atoms with Crippen molar-refractivity contribution in [3.63, 3.8) is 0 Å². The predicted molar refractivity (Wildman–Crippen MR) is 37.2 cm³/mol. The van der Waals surface area contributed by atoms with Crippen LogP contribution in [-0.2, 0) is 0 Å². The van der Waals surface area contributed by atoms with Crippen LogP contribution in [0.25, 0.3) is 0 Å². The van der Waals surface area contributed by atoms with Crippen molar-refractivity contribution in [1.29, 1.82) is 0 Å². The summed E-state index contributed by atoms with van der Waals surface area (Å²) in [6, 6.07) is 2.00. The summed E-state index contributed by atoms with van der Waals surface area (Å²) in [7, 11) is 0. The van der Waals surface area contributed by atoms with Crippen molar-refractivity contribution in [3.8, 4) is 0 Å². The Morgan fingerprint density at radius 2 is 2.12 bits per heavy atom. The van der Waals surface area contributed by atoms with Gasteiger partial charge in [0.1, 0.15) is 0 Å². The summed E-state index contributed by atoms with van der Waals surface area (Å²) in [4.78, 5) is 2.52. The van der Waals surface area contributed by atoms with Gasteiger partial charge in [0, 0.05) is 9.75 Å². The van der Waals surface area contributed by atoms with E-state index >= 15 is 0 Å². The lowest BCUT2D eigenvalue weighted by Crippen LogP contribution is -1.62. The Bertz CT molecular complexity index is 167. The molecule has 0 saturated heterocycles. The molecule has 0 aliphatic carbocycles. The van der Waals surface area contributed by atoms with Crippen molar-refractivity contribution in [2.75, 3.05) is 0 Å². The zero-order valence-electron chi connectivity index (χ0n) is 5.06. The summed E-state index contributed by atoms with van der Waals surface area (Å²) in [5.74, 6) is 0. The van der Waals surface area contributed by atoms with E-state index in [0.717, 1.165) is 5.56 Å². The maximum Gasteiger partial charge on any atom is 0.00523 e. The second-order valence-corrected chi connectivity index (χ2v) is 3.33. The molecule has 0 aromatic carbocycles. The van der Waals surface area contributed by atoms with Gasteiger partial charge in [0.2, 0.25) is 0 Å². The summed E-state index contributed by atoms with van der Waals surface area (Å²) >= 11 is 1.74. The fraction of sp³-hybridized carbons (Fsp3) is 0.286. The molecule has 1 heteroatoms. The van der Waals surface area contributed by atoms with E-state index in [-0.39, 0.29) is 0 Å². The molecule has 0 unspecified atom stereocenters. The van der Waals surface area contributed by atoms with Crippen molar-refractivity contribution in [2.24, 2.45) is 0 Å². The molecule has 42 valence electrons. The van der Waals surface area contributed by atoms with Crippen LogP contribution in [-0.4, -0.2) is 0 Å². The topological polar surface area (TPSA) is 0 Å². The minimum Gasteiger partial charge on any atom is -0.146 e. The molecule has 0 spiro atoms. The molecule has 0 aliphatic rings. The molecule has 0 bridgehead atoms. The molecule has 0 aliphatic heterocycles. The van der Waals surface area contributed by atoms with Crippen molar-refractivity contribution < 1.29 is 0 Å². The second kappa shape index (κ2) is 1.90. The number of aryl methyl sites for hydroxylation is 2. The first-order valence-electron chi connectivity index (χ1n) is 2.52. The Morgan fingerprint density at radius 1 is 1.50 bits per heavy atom. The van der Waals surface area contributed by atoms with Gasteiger partial charge < -0.3 is 0 Å². The summed E-state index contributed by atoms with van der Waals surface area (Å²) in [6.45, 7) is 9.65. The van der Waals surface area contributed by atoms with Gasteiger partial charge >= 0.3 is 0 Å². The molecule has 1 aromatic heterocycles. The summed E-state index contributed by atoms with van der Waals surface area (Å²) < 4.78 is 0. The lowest BCUT2D eigenvalue weighted by molar-refractivity contribution is 1.54. The molecule has 0 amide bonds. The maximum atomic E-state index is 5.55. The molecule has 0 saturated carbocycles. The third kappa shape index (κ3) is 0.920. The zero-order chi connectivity index (χ0) is 6.15. The number of hydrogen-bond donors (Lipinski definition) is 0. The maximum absolute atomic E-state index is 5.55. The second-order valence-electron chi connectivity index (χ2n) is 1.87. The number of thiophene rings is 1. The summed E-state index contributed by atoms with van der Waals surface area (Å²) in [5.41, 5.74) is 0.924. The van der Waals surface area contributed by atoms with Gasteiger partial charge in [-0.3, -0.25) is 0 Å². The highest BCUT2D eigenvalue weighted by Gasteiger charge is 1.94. The first-order valence-corrected chi connectivity index (χ1v) is 3.34. The average Bonchev–Trinajstić information content (AvgIpc) is 1.85. The van der Waals surface area contributed by atoms with Crippen LogP contribution in [0.2, 0.25) is 0 Å². The molecule has 0 nitrogen and oxygen atoms in total. The fourth-order valence-corrected chi connectivity index (χ4v) is 1.50. The molecule has 1 aromatic rings. The molecule has 0 atom stereocenters. The van der Waals surface area contributed by atoms with Gasteiger partial charge in [-0.1, -0.05) is 0 Å². The van der Waals surface area contributed by atoms with Crippen LogP contribution in [0.4, 0.5) is 0 Å². The van der Waals surface area contributed by atoms with Crippen LogP contribution >= 0.6 is 11.3 Å². The van der Waals surface area contributed by atoms with Gasteiger partial charge in [-0.2, -0.15) is 0 Å². The molecule has 1 rings (SSSR count). The first kappa shape index (κ1) is 5.83. The number of rotatable bonds is 0. The van der Waals surface area contributed by atoms with E-state index < -0.39 is 0 Å². The zero-order valence-corrected chi connectivity index (χ0v) is 5.88. The summed E-state index contributed by atoms with van der Waals surface area (Å²) in [6.07, 6.45) is 0. The Labute approximate surface area is 54.2 Å². The molecule has 8 heavy (non-hydrogen) atoms. The monoisotopic (exact) mass is 124 g/mol. The Balaban J connectivity index is 3.14. The highest BCUT2D eigenvalue weighted by atomic mass is 32.1. The molecule has 2 radical (unpaired) electrons. The van der Waals surface area contributed by atoms with Crippen LogP contribution < -0.4 is 0 Å². The first-order chi connectivity index (χ1) is 3.70. The van der Waals surface area contributed by atoms with E-state index in [0.29, 0.717) is 0 Å². The summed E-state index contributed by atoms with van der Waals surface area (Å²) in [5, 5.41) is 0. The van der Waals surface area contributed by atoms with Crippen LogP contribution in [0.15, 0.2) is 6.07 Å². The van der Waals surface area contributed by atoms with E-state index in [1.165, 1.54) is 9.75 Å². The van der Waals surface area contributed by atoms with E-state index in [1.807, 2.05) is 13.0 Å². The van der Waals surface area contributed by atoms with E-state index in [9.17, 15) is 0 Å². The standard InChI is InChI=1S/C7H8S/c1-5-4-6(2)8-7(5)3/h1,4H,2-3H3. The third-order valence-corrected chi connectivity index (χ3v) is 2.06. The van der Waals surface area contributed by atoms with Gasteiger partial charge in [-0.15, -0.1) is 11.3 Å². The Kier molecular flexibility index (Phi) is 1.39. The predicted octanol–water partition coefficient (Wildman–Crippen LogP) is 2.42. The van der Waals surface area contributed by atoms with E-state index in [1.54, 1.807) is 11.3 Å². The Hall–Kier alpha value is -0.300. The van der Waals surface area contributed by atoms with Crippen molar-refractivity contribution in [3.05, 3.63) is 28.3 Å². The largest absolute Gasteiger partial charge is 0.146 e. The van der Waals surface area contributed by atoms with Gasteiger partial charge in [0.05, 0.1) is 0 Å². The lowest BCUT2D eigenvalue weighted by Gasteiger charge is -1.79. The number of hydrogen-bond acceptors (Lipinski definition) is 1. The SMILES string of the molecule is [CH]c1cc(C)sc1C. The van der Waals surface area contributed by atoms with Crippen LogP contribution in [0.5, 0.6) is 0 Å². The lowest BCUT2D eigenvalue weighted by atomic mass is 10.3. The fourth-order valence-electron chi connectivity index (χ4n) is 0.650.